The number of carbonyl (C=O) groups is 1. The molecule has 0 unspecified atom stereocenters. The molecule has 26 heavy (non-hydrogen) atoms. The molecule has 0 aliphatic carbocycles. The molecule has 1 amide bonds. The van der Waals surface area contributed by atoms with E-state index in [-0.39, 0.29) is 5.91 Å². The maximum atomic E-state index is 12.3. The number of likely N-dealkylation sites (N-methyl/N-ethyl adjacent to an activating group) is 1. The average Bonchev–Trinajstić information content (AvgIpc) is 3.15. The molecule has 1 N–H and O–H groups in total. The van der Waals surface area contributed by atoms with Gasteiger partial charge in [-0.2, -0.15) is 0 Å². The summed E-state index contributed by atoms with van der Waals surface area (Å²) in [4.78, 5) is 20.9. The fraction of sp³-hybridized carbons (Fsp3) is 0.471. The number of thioether (sulfide) groups is 1. The summed E-state index contributed by atoms with van der Waals surface area (Å²) in [5.41, 5.74) is 0.811. The Labute approximate surface area is 156 Å². The molecule has 2 heterocycles. The Morgan fingerprint density at radius 3 is 2.42 bits per heavy atom. The maximum absolute atomic E-state index is 12.3. The summed E-state index contributed by atoms with van der Waals surface area (Å²) in [5.74, 6) is 2.42. The molecular formula is C17H23N5O3S. The van der Waals surface area contributed by atoms with Crippen LogP contribution in [0, 0.1) is 0 Å². The standard InChI is InChI=1S/C17H23N5O3S/c1-21-4-6-22(7-5-21)15(23)11-26-17-18-16(19-20-17)12-8-13(24-2)10-14(9-12)25-3/h8-10H,4-7,11H2,1-3H3,(H,18,19,20). The number of hydrogen-bond acceptors (Lipinski definition) is 7. The van der Waals surface area contributed by atoms with Crippen LogP contribution in [0.2, 0.25) is 0 Å². The van der Waals surface area contributed by atoms with E-state index in [2.05, 4.69) is 27.1 Å². The van der Waals surface area contributed by atoms with Gasteiger partial charge in [-0.25, -0.2) is 4.98 Å². The molecule has 8 nitrogen and oxygen atoms in total. The summed E-state index contributed by atoms with van der Waals surface area (Å²) in [6.07, 6.45) is 0. The van der Waals surface area contributed by atoms with Crippen LogP contribution in [0.5, 0.6) is 11.5 Å². The Morgan fingerprint density at radius 2 is 1.81 bits per heavy atom. The largest absolute Gasteiger partial charge is 0.497 e. The summed E-state index contributed by atoms with van der Waals surface area (Å²) in [7, 11) is 5.27. The van der Waals surface area contributed by atoms with E-state index in [4.69, 9.17) is 9.47 Å². The fourth-order valence-corrected chi connectivity index (χ4v) is 3.36. The lowest BCUT2D eigenvalue weighted by Crippen LogP contribution is -2.47. The highest BCUT2D eigenvalue weighted by Gasteiger charge is 2.19. The Morgan fingerprint density at radius 1 is 1.15 bits per heavy atom. The lowest BCUT2D eigenvalue weighted by Gasteiger charge is -2.32. The van der Waals surface area contributed by atoms with Crippen LogP contribution in [0.25, 0.3) is 11.4 Å². The SMILES string of the molecule is COc1cc(OC)cc(-c2nc(SCC(=O)N3CCN(C)CC3)n[nH]2)c1. The molecule has 0 saturated carbocycles. The first-order chi connectivity index (χ1) is 12.6. The molecule has 1 saturated heterocycles. The molecule has 1 aliphatic heterocycles. The van der Waals surface area contributed by atoms with E-state index in [1.54, 1.807) is 20.3 Å². The first kappa shape index (κ1) is 18.5. The third-order valence-electron chi connectivity index (χ3n) is 4.27. The van der Waals surface area contributed by atoms with Crippen LogP contribution in [0.3, 0.4) is 0 Å². The number of amides is 1. The van der Waals surface area contributed by atoms with E-state index in [9.17, 15) is 4.79 Å². The van der Waals surface area contributed by atoms with Crippen molar-refractivity contribution in [2.75, 3.05) is 53.2 Å². The van der Waals surface area contributed by atoms with Crippen molar-refractivity contribution in [3.8, 4) is 22.9 Å². The first-order valence-corrected chi connectivity index (χ1v) is 9.32. The van der Waals surface area contributed by atoms with Gasteiger partial charge in [0.05, 0.1) is 20.0 Å². The number of methoxy groups -OCH3 is 2. The van der Waals surface area contributed by atoms with Crippen LogP contribution in [-0.4, -0.2) is 84.1 Å². The van der Waals surface area contributed by atoms with E-state index in [1.807, 2.05) is 17.0 Å². The van der Waals surface area contributed by atoms with E-state index >= 15 is 0 Å². The molecular weight excluding hydrogens is 354 g/mol. The summed E-state index contributed by atoms with van der Waals surface area (Å²) in [6, 6.07) is 5.50. The molecule has 1 aromatic carbocycles. The highest BCUT2D eigenvalue weighted by molar-refractivity contribution is 7.99. The van der Waals surface area contributed by atoms with Crippen LogP contribution in [0.15, 0.2) is 23.4 Å². The lowest BCUT2D eigenvalue weighted by atomic mass is 10.2. The molecule has 0 radical (unpaired) electrons. The van der Waals surface area contributed by atoms with Crippen LogP contribution in [0.4, 0.5) is 0 Å². The van der Waals surface area contributed by atoms with Gasteiger partial charge in [-0.05, 0) is 19.2 Å². The van der Waals surface area contributed by atoms with Crippen LogP contribution >= 0.6 is 11.8 Å². The van der Waals surface area contributed by atoms with E-state index in [1.165, 1.54) is 11.8 Å². The molecule has 0 atom stereocenters. The predicted octanol–water partition coefficient (Wildman–Crippen LogP) is 1.35. The number of hydrogen-bond donors (Lipinski definition) is 1. The van der Waals surface area contributed by atoms with Crippen LogP contribution in [0.1, 0.15) is 0 Å². The van der Waals surface area contributed by atoms with Crippen molar-refractivity contribution < 1.29 is 14.3 Å². The fourth-order valence-electron chi connectivity index (χ4n) is 2.66. The number of nitrogens with zero attached hydrogens (tertiary/aromatic N) is 4. The molecule has 1 aromatic heterocycles. The van der Waals surface area contributed by atoms with Gasteiger partial charge in [-0.3, -0.25) is 9.89 Å². The maximum Gasteiger partial charge on any atom is 0.233 e. The smallest absolute Gasteiger partial charge is 0.233 e. The van der Waals surface area contributed by atoms with Gasteiger partial charge in [0.15, 0.2) is 5.82 Å². The zero-order valence-electron chi connectivity index (χ0n) is 15.2. The number of aromatic amines is 1. The lowest BCUT2D eigenvalue weighted by molar-refractivity contribution is -0.129. The Hall–Kier alpha value is -2.26. The van der Waals surface area contributed by atoms with Gasteiger partial charge >= 0.3 is 0 Å². The monoisotopic (exact) mass is 377 g/mol. The van der Waals surface area contributed by atoms with Gasteiger partial charge in [-0.1, -0.05) is 11.8 Å². The van der Waals surface area contributed by atoms with Crippen molar-refractivity contribution in [3.63, 3.8) is 0 Å². The number of rotatable bonds is 6. The summed E-state index contributed by atoms with van der Waals surface area (Å²) in [5, 5.41) is 7.65. The third kappa shape index (κ3) is 4.47. The number of aromatic nitrogens is 3. The number of nitrogens with one attached hydrogen (secondary N) is 1. The van der Waals surface area contributed by atoms with Crippen molar-refractivity contribution in [3.05, 3.63) is 18.2 Å². The van der Waals surface area contributed by atoms with Crippen LogP contribution < -0.4 is 9.47 Å². The second kappa shape index (κ2) is 8.41. The minimum absolute atomic E-state index is 0.123. The van der Waals surface area contributed by atoms with Crippen molar-refractivity contribution in [2.45, 2.75) is 5.16 Å². The van der Waals surface area contributed by atoms with Gasteiger partial charge in [0.2, 0.25) is 11.1 Å². The highest BCUT2D eigenvalue weighted by atomic mass is 32.2. The topological polar surface area (TPSA) is 83.6 Å². The number of ether oxygens (including phenoxy) is 2. The Bertz CT molecular complexity index is 736. The van der Waals surface area contributed by atoms with Gasteiger partial charge < -0.3 is 19.3 Å². The van der Waals surface area contributed by atoms with E-state index < -0.39 is 0 Å². The molecule has 1 aliphatic rings. The quantitative estimate of drug-likeness (QED) is 0.761. The first-order valence-electron chi connectivity index (χ1n) is 8.34. The number of piperazine rings is 1. The molecule has 140 valence electrons. The molecule has 2 aromatic rings. The molecule has 0 bridgehead atoms. The number of H-pyrrole nitrogens is 1. The Balaban J connectivity index is 1.62. The second-order valence-electron chi connectivity index (χ2n) is 6.04. The van der Waals surface area contributed by atoms with E-state index in [0.29, 0.717) is 28.2 Å². The summed E-state index contributed by atoms with van der Waals surface area (Å²) >= 11 is 1.34. The van der Waals surface area contributed by atoms with Crippen molar-refractivity contribution in [1.29, 1.82) is 0 Å². The van der Waals surface area contributed by atoms with E-state index in [0.717, 1.165) is 31.7 Å². The molecule has 9 heteroatoms. The zero-order valence-corrected chi connectivity index (χ0v) is 16.0. The number of benzene rings is 1. The second-order valence-corrected chi connectivity index (χ2v) is 6.98. The predicted molar refractivity (Wildman–Crippen MR) is 99.7 cm³/mol. The summed E-state index contributed by atoms with van der Waals surface area (Å²) in [6.45, 7) is 3.38. The van der Waals surface area contributed by atoms with Gasteiger partial charge in [0, 0.05) is 37.8 Å². The van der Waals surface area contributed by atoms with Crippen molar-refractivity contribution >= 4 is 17.7 Å². The average molecular weight is 377 g/mol. The van der Waals surface area contributed by atoms with Crippen molar-refractivity contribution in [1.82, 2.24) is 25.0 Å². The molecule has 3 rings (SSSR count). The van der Waals surface area contributed by atoms with Gasteiger partial charge in [0.1, 0.15) is 11.5 Å². The molecule has 0 spiro atoms. The third-order valence-corrected chi connectivity index (χ3v) is 5.10. The van der Waals surface area contributed by atoms with Gasteiger partial charge in [0.25, 0.3) is 0 Å². The minimum Gasteiger partial charge on any atom is -0.497 e. The van der Waals surface area contributed by atoms with Crippen molar-refractivity contribution in [2.24, 2.45) is 0 Å². The summed E-state index contributed by atoms with van der Waals surface area (Å²) < 4.78 is 10.6. The van der Waals surface area contributed by atoms with Crippen LogP contribution in [-0.2, 0) is 4.79 Å². The molecule has 1 fully saturated rings. The normalized spacial score (nSPS) is 15.1. The highest BCUT2D eigenvalue weighted by Crippen LogP contribution is 2.28. The Kier molecular flexibility index (Phi) is 6.00. The number of carbonyl (C=O) groups excluding carboxylic acids is 1. The minimum atomic E-state index is 0.123. The zero-order chi connectivity index (χ0) is 18.5. The van der Waals surface area contributed by atoms with Gasteiger partial charge in [-0.15, -0.1) is 5.10 Å².